The zero-order valence-electron chi connectivity index (χ0n) is 15.1. The van der Waals surface area contributed by atoms with Crippen molar-refractivity contribution in [3.8, 4) is 11.5 Å². The Morgan fingerprint density at radius 3 is 2.70 bits per heavy atom. The van der Waals surface area contributed by atoms with Gasteiger partial charge in [0.25, 0.3) is 11.6 Å². The lowest BCUT2D eigenvalue weighted by Crippen LogP contribution is -2.28. The molecule has 4 rings (SSSR count). The van der Waals surface area contributed by atoms with Gasteiger partial charge >= 0.3 is 0 Å². The highest BCUT2D eigenvalue weighted by molar-refractivity contribution is 6.07. The van der Waals surface area contributed by atoms with E-state index in [4.69, 9.17) is 8.94 Å². The topological polar surface area (TPSA) is 81.2 Å². The number of hydrogen-bond donors (Lipinski definition) is 1. The summed E-state index contributed by atoms with van der Waals surface area (Å²) in [7, 11) is 0. The Morgan fingerprint density at radius 1 is 1.19 bits per heavy atom. The number of hydrogen-bond acceptors (Lipinski definition) is 5. The van der Waals surface area contributed by atoms with Gasteiger partial charge < -0.3 is 14.3 Å². The maximum atomic E-state index is 13.1. The van der Waals surface area contributed by atoms with Crippen LogP contribution in [0.4, 0.5) is 0 Å². The number of carbonyl (C=O) groups is 1. The van der Waals surface area contributed by atoms with Crippen molar-refractivity contribution in [1.82, 2.24) is 15.5 Å². The summed E-state index contributed by atoms with van der Waals surface area (Å²) in [4.78, 5) is 17.6. The van der Waals surface area contributed by atoms with Gasteiger partial charge in [-0.05, 0) is 37.1 Å². The largest absolute Gasteiger partial charge is 0.463 e. The average molecular weight is 361 g/mol. The number of nitrogens with zero attached hydrogens (tertiary/aromatic N) is 2. The molecule has 0 fully saturated rings. The van der Waals surface area contributed by atoms with Crippen LogP contribution in [0.1, 0.15) is 41.0 Å². The Balaban J connectivity index is 1.75. The number of aryl methyl sites for hydroxylation is 1. The minimum atomic E-state index is -0.197. The van der Waals surface area contributed by atoms with Gasteiger partial charge in [0.15, 0.2) is 5.76 Å². The molecule has 6 heteroatoms. The molecule has 0 bridgehead atoms. The van der Waals surface area contributed by atoms with Gasteiger partial charge in [-0.25, -0.2) is 4.98 Å². The second kappa shape index (κ2) is 7.07. The van der Waals surface area contributed by atoms with Crippen LogP contribution in [0.3, 0.4) is 0 Å². The van der Waals surface area contributed by atoms with E-state index in [9.17, 15) is 4.79 Å². The molecule has 0 aliphatic carbocycles. The van der Waals surface area contributed by atoms with E-state index in [1.807, 2.05) is 37.3 Å². The summed E-state index contributed by atoms with van der Waals surface area (Å²) < 4.78 is 10.7. The van der Waals surface area contributed by atoms with Crippen LogP contribution >= 0.6 is 0 Å². The van der Waals surface area contributed by atoms with E-state index in [0.717, 1.165) is 12.0 Å². The van der Waals surface area contributed by atoms with Gasteiger partial charge in [-0.15, -0.1) is 0 Å². The van der Waals surface area contributed by atoms with E-state index in [-0.39, 0.29) is 11.9 Å². The standard InChI is InChI=1S/C21H19N3O3/c1-3-16(14-8-5-4-6-9-14)22-20(25)15-12-17(18-10-7-11-26-18)23-21-19(15)13(2)24-27-21/h4-12,16H,3H2,1-2H3,(H,22,25). The molecule has 6 nitrogen and oxygen atoms in total. The van der Waals surface area contributed by atoms with Gasteiger partial charge in [0.2, 0.25) is 0 Å². The van der Waals surface area contributed by atoms with E-state index in [2.05, 4.69) is 15.5 Å². The Kier molecular flexibility index (Phi) is 4.46. The quantitative estimate of drug-likeness (QED) is 0.558. The highest BCUT2D eigenvalue weighted by Crippen LogP contribution is 2.28. The van der Waals surface area contributed by atoms with Crippen LogP contribution in [-0.2, 0) is 0 Å². The molecule has 0 radical (unpaired) electrons. The van der Waals surface area contributed by atoms with E-state index in [0.29, 0.717) is 33.8 Å². The summed E-state index contributed by atoms with van der Waals surface area (Å²) in [6, 6.07) is 15.1. The fourth-order valence-corrected chi connectivity index (χ4v) is 3.17. The summed E-state index contributed by atoms with van der Waals surface area (Å²) in [5, 5.41) is 7.70. The van der Waals surface area contributed by atoms with Crippen molar-refractivity contribution >= 4 is 17.0 Å². The lowest BCUT2D eigenvalue weighted by molar-refractivity contribution is 0.0937. The van der Waals surface area contributed by atoms with Crippen LogP contribution in [-0.4, -0.2) is 16.0 Å². The van der Waals surface area contributed by atoms with Crippen LogP contribution in [0.25, 0.3) is 22.6 Å². The van der Waals surface area contributed by atoms with E-state index >= 15 is 0 Å². The number of amides is 1. The molecule has 1 aromatic carbocycles. The average Bonchev–Trinajstić information content (AvgIpc) is 3.36. The summed E-state index contributed by atoms with van der Waals surface area (Å²) in [6.45, 7) is 3.84. The summed E-state index contributed by atoms with van der Waals surface area (Å²) in [6.07, 6.45) is 2.34. The highest BCUT2D eigenvalue weighted by atomic mass is 16.5. The number of rotatable bonds is 5. The number of furan rings is 1. The first-order chi connectivity index (χ1) is 13.2. The summed E-state index contributed by atoms with van der Waals surface area (Å²) >= 11 is 0. The lowest BCUT2D eigenvalue weighted by atomic mass is 10.0. The van der Waals surface area contributed by atoms with E-state index in [1.54, 1.807) is 31.4 Å². The third-order valence-electron chi connectivity index (χ3n) is 4.55. The monoisotopic (exact) mass is 361 g/mol. The predicted octanol–water partition coefficient (Wildman–Crippen LogP) is 4.67. The van der Waals surface area contributed by atoms with Gasteiger partial charge in [-0.2, -0.15) is 0 Å². The fourth-order valence-electron chi connectivity index (χ4n) is 3.17. The number of benzene rings is 1. The molecule has 1 atom stereocenters. The van der Waals surface area contributed by atoms with Gasteiger partial charge in [-0.1, -0.05) is 42.4 Å². The predicted molar refractivity (Wildman–Crippen MR) is 101 cm³/mol. The molecule has 136 valence electrons. The molecule has 1 N–H and O–H groups in total. The summed E-state index contributed by atoms with van der Waals surface area (Å²) in [5.41, 5.74) is 3.01. The maximum Gasteiger partial charge on any atom is 0.259 e. The minimum absolute atomic E-state index is 0.0888. The van der Waals surface area contributed by atoms with Gasteiger partial charge in [-0.3, -0.25) is 4.79 Å². The maximum absolute atomic E-state index is 13.1. The number of nitrogens with one attached hydrogen (secondary N) is 1. The Hall–Kier alpha value is -3.41. The SMILES string of the molecule is CCC(NC(=O)c1cc(-c2ccco2)nc2onc(C)c12)c1ccccc1. The first-order valence-corrected chi connectivity index (χ1v) is 8.84. The number of pyridine rings is 1. The van der Waals surface area contributed by atoms with Crippen LogP contribution in [0, 0.1) is 6.92 Å². The fraction of sp³-hybridized carbons (Fsp3) is 0.190. The summed E-state index contributed by atoms with van der Waals surface area (Å²) in [5.74, 6) is 0.368. The molecule has 3 heterocycles. The molecule has 27 heavy (non-hydrogen) atoms. The van der Waals surface area contributed by atoms with Crippen molar-refractivity contribution in [2.75, 3.05) is 0 Å². The smallest absolute Gasteiger partial charge is 0.259 e. The Morgan fingerprint density at radius 2 is 2.00 bits per heavy atom. The molecule has 0 aliphatic rings. The zero-order valence-corrected chi connectivity index (χ0v) is 15.1. The third-order valence-corrected chi connectivity index (χ3v) is 4.55. The molecule has 0 aliphatic heterocycles. The van der Waals surface area contributed by atoms with Crippen molar-refractivity contribution in [2.45, 2.75) is 26.3 Å². The minimum Gasteiger partial charge on any atom is -0.463 e. The zero-order chi connectivity index (χ0) is 18.8. The molecule has 1 amide bonds. The number of carbonyl (C=O) groups excluding carboxylic acids is 1. The van der Waals surface area contributed by atoms with Gasteiger partial charge in [0.05, 0.1) is 28.9 Å². The lowest BCUT2D eigenvalue weighted by Gasteiger charge is -2.18. The van der Waals surface area contributed by atoms with Crippen molar-refractivity contribution < 1.29 is 13.7 Å². The van der Waals surface area contributed by atoms with E-state index in [1.165, 1.54) is 0 Å². The molecule has 1 unspecified atom stereocenters. The molecule has 3 aromatic heterocycles. The molecule has 0 spiro atoms. The van der Waals surface area contributed by atoms with Crippen molar-refractivity contribution in [3.63, 3.8) is 0 Å². The van der Waals surface area contributed by atoms with Crippen LogP contribution < -0.4 is 5.32 Å². The Labute approximate surface area is 156 Å². The van der Waals surface area contributed by atoms with E-state index < -0.39 is 0 Å². The van der Waals surface area contributed by atoms with Gasteiger partial charge in [0.1, 0.15) is 5.69 Å². The first kappa shape index (κ1) is 17.0. The van der Waals surface area contributed by atoms with Crippen molar-refractivity contribution in [1.29, 1.82) is 0 Å². The number of fused-ring (bicyclic) bond motifs is 1. The van der Waals surface area contributed by atoms with Crippen LogP contribution in [0.15, 0.2) is 63.7 Å². The molecule has 4 aromatic rings. The van der Waals surface area contributed by atoms with Crippen molar-refractivity contribution in [2.24, 2.45) is 0 Å². The number of aromatic nitrogens is 2. The molecular weight excluding hydrogens is 342 g/mol. The molecule has 0 saturated carbocycles. The molecule has 0 saturated heterocycles. The second-order valence-electron chi connectivity index (χ2n) is 6.33. The second-order valence-corrected chi connectivity index (χ2v) is 6.33. The Bertz CT molecular complexity index is 1070. The molecular formula is C21H19N3O3. The van der Waals surface area contributed by atoms with Gasteiger partial charge in [0, 0.05) is 0 Å². The first-order valence-electron chi connectivity index (χ1n) is 8.84. The highest BCUT2D eigenvalue weighted by Gasteiger charge is 2.22. The van der Waals surface area contributed by atoms with Crippen LogP contribution in [0.5, 0.6) is 0 Å². The van der Waals surface area contributed by atoms with Crippen LogP contribution in [0.2, 0.25) is 0 Å². The van der Waals surface area contributed by atoms with Crippen molar-refractivity contribution in [3.05, 3.63) is 71.6 Å². The normalized spacial score (nSPS) is 12.2. The third kappa shape index (κ3) is 3.21.